The Morgan fingerprint density at radius 2 is 1.95 bits per heavy atom. The van der Waals surface area contributed by atoms with E-state index in [0.717, 1.165) is 38.3 Å². The molecular weight excluding hydrogens is 248 g/mol. The van der Waals surface area contributed by atoms with Gasteiger partial charge in [-0.15, -0.1) is 6.42 Å². The Kier molecular flexibility index (Phi) is 8.53. The van der Waals surface area contributed by atoms with Gasteiger partial charge in [-0.1, -0.05) is 31.9 Å². The smallest absolute Gasteiger partial charge is 0.119 e. The van der Waals surface area contributed by atoms with Crippen LogP contribution in [-0.4, -0.2) is 37.7 Å². The van der Waals surface area contributed by atoms with E-state index >= 15 is 0 Å². The van der Waals surface area contributed by atoms with Crippen molar-refractivity contribution < 1.29 is 4.74 Å². The molecule has 0 saturated heterocycles. The van der Waals surface area contributed by atoms with Crippen molar-refractivity contribution in [2.24, 2.45) is 0 Å². The molecule has 0 bridgehead atoms. The van der Waals surface area contributed by atoms with E-state index in [1.807, 2.05) is 12.1 Å². The highest BCUT2D eigenvalue weighted by molar-refractivity contribution is 5.27. The Labute approximate surface area is 123 Å². The van der Waals surface area contributed by atoms with Crippen LogP contribution < -0.4 is 10.1 Å². The van der Waals surface area contributed by atoms with Crippen LogP contribution in [0.2, 0.25) is 0 Å². The second kappa shape index (κ2) is 10.3. The van der Waals surface area contributed by atoms with Crippen molar-refractivity contribution in [2.75, 3.05) is 32.8 Å². The summed E-state index contributed by atoms with van der Waals surface area (Å²) in [4.78, 5) is 2.24. The van der Waals surface area contributed by atoms with E-state index in [4.69, 9.17) is 11.2 Å². The number of hydrogen-bond donors (Lipinski definition) is 1. The van der Waals surface area contributed by atoms with Crippen LogP contribution >= 0.6 is 0 Å². The maximum atomic E-state index is 5.76. The van der Waals surface area contributed by atoms with E-state index < -0.39 is 0 Å². The van der Waals surface area contributed by atoms with Crippen LogP contribution in [0.4, 0.5) is 0 Å². The van der Waals surface area contributed by atoms with E-state index in [1.54, 1.807) is 0 Å². The maximum absolute atomic E-state index is 5.76. The Morgan fingerprint density at radius 3 is 2.55 bits per heavy atom. The molecule has 3 heteroatoms. The van der Waals surface area contributed by atoms with Crippen molar-refractivity contribution in [1.82, 2.24) is 10.2 Å². The summed E-state index contributed by atoms with van der Waals surface area (Å²) in [6, 6.07) is 8.25. The fraction of sp³-hybridized carbons (Fsp3) is 0.529. The molecule has 1 aromatic carbocycles. The standard InChI is InChI=1S/C17H26N2O/c1-4-11-19(12-5-2)13-14-20-17-9-7-16(8-10-17)15-18-6-3/h1,7-10,18H,5-6,11-15H2,2-3H3. The average molecular weight is 274 g/mol. The highest BCUT2D eigenvalue weighted by Gasteiger charge is 2.02. The Bertz CT molecular complexity index is 394. The fourth-order valence-electron chi connectivity index (χ4n) is 1.98. The van der Waals surface area contributed by atoms with Gasteiger partial charge in [-0.3, -0.25) is 4.90 Å². The average Bonchev–Trinajstić information content (AvgIpc) is 2.47. The predicted octanol–water partition coefficient (Wildman–Crippen LogP) is 2.52. The molecule has 0 saturated carbocycles. The third kappa shape index (κ3) is 6.60. The second-order valence-corrected chi connectivity index (χ2v) is 4.75. The first-order valence-corrected chi connectivity index (χ1v) is 7.38. The minimum atomic E-state index is 0.675. The summed E-state index contributed by atoms with van der Waals surface area (Å²) in [5.41, 5.74) is 1.28. The molecule has 0 aliphatic heterocycles. The van der Waals surface area contributed by atoms with Crippen molar-refractivity contribution in [3.05, 3.63) is 29.8 Å². The van der Waals surface area contributed by atoms with Gasteiger partial charge in [0, 0.05) is 13.1 Å². The van der Waals surface area contributed by atoms with Gasteiger partial charge in [-0.2, -0.15) is 0 Å². The molecule has 0 radical (unpaired) electrons. The van der Waals surface area contributed by atoms with E-state index in [9.17, 15) is 0 Å². The minimum absolute atomic E-state index is 0.675. The van der Waals surface area contributed by atoms with Crippen LogP contribution in [-0.2, 0) is 6.54 Å². The molecule has 20 heavy (non-hydrogen) atoms. The SMILES string of the molecule is C#CCN(CCC)CCOc1ccc(CNCC)cc1. The van der Waals surface area contributed by atoms with Gasteiger partial charge >= 0.3 is 0 Å². The van der Waals surface area contributed by atoms with Crippen molar-refractivity contribution in [1.29, 1.82) is 0 Å². The van der Waals surface area contributed by atoms with Crippen LogP contribution in [0.15, 0.2) is 24.3 Å². The van der Waals surface area contributed by atoms with Gasteiger partial charge in [-0.05, 0) is 37.2 Å². The zero-order valence-corrected chi connectivity index (χ0v) is 12.7. The largest absolute Gasteiger partial charge is 0.492 e. The quantitative estimate of drug-likeness (QED) is 0.664. The molecule has 0 atom stereocenters. The molecule has 0 heterocycles. The van der Waals surface area contributed by atoms with E-state index in [2.05, 4.69) is 42.1 Å². The first-order valence-electron chi connectivity index (χ1n) is 7.38. The van der Waals surface area contributed by atoms with E-state index in [-0.39, 0.29) is 0 Å². The third-order valence-electron chi connectivity index (χ3n) is 3.03. The van der Waals surface area contributed by atoms with Gasteiger partial charge in [-0.25, -0.2) is 0 Å². The molecule has 0 aliphatic carbocycles. The summed E-state index contributed by atoms with van der Waals surface area (Å²) < 4.78 is 5.76. The summed E-state index contributed by atoms with van der Waals surface area (Å²) in [6.07, 6.45) is 6.47. The van der Waals surface area contributed by atoms with Gasteiger partial charge in [0.05, 0.1) is 6.54 Å². The lowest BCUT2D eigenvalue weighted by molar-refractivity contribution is 0.225. The molecule has 1 rings (SSSR count). The molecule has 3 nitrogen and oxygen atoms in total. The van der Waals surface area contributed by atoms with Crippen LogP contribution in [0.1, 0.15) is 25.8 Å². The van der Waals surface area contributed by atoms with Crippen molar-refractivity contribution in [3.8, 4) is 18.1 Å². The Morgan fingerprint density at radius 1 is 1.20 bits per heavy atom. The number of hydrogen-bond acceptors (Lipinski definition) is 3. The molecule has 1 N–H and O–H groups in total. The zero-order chi connectivity index (χ0) is 14.6. The minimum Gasteiger partial charge on any atom is -0.492 e. The summed E-state index contributed by atoms with van der Waals surface area (Å²) in [5.74, 6) is 3.61. The number of rotatable bonds is 10. The lowest BCUT2D eigenvalue weighted by Crippen LogP contribution is -2.29. The first kappa shape index (κ1) is 16.6. The van der Waals surface area contributed by atoms with Crippen LogP contribution in [0, 0.1) is 12.3 Å². The molecule has 110 valence electrons. The Balaban J connectivity index is 2.32. The number of benzene rings is 1. The zero-order valence-electron chi connectivity index (χ0n) is 12.7. The monoisotopic (exact) mass is 274 g/mol. The summed E-state index contributed by atoms with van der Waals surface area (Å²) in [5, 5.41) is 3.30. The highest BCUT2D eigenvalue weighted by Crippen LogP contribution is 2.12. The molecular formula is C17H26N2O. The molecule has 0 aromatic heterocycles. The van der Waals surface area contributed by atoms with Gasteiger partial charge in [0.2, 0.25) is 0 Å². The van der Waals surface area contributed by atoms with Crippen molar-refractivity contribution >= 4 is 0 Å². The van der Waals surface area contributed by atoms with Crippen LogP contribution in [0.5, 0.6) is 5.75 Å². The van der Waals surface area contributed by atoms with Crippen LogP contribution in [0.3, 0.4) is 0 Å². The van der Waals surface area contributed by atoms with Gasteiger partial charge < -0.3 is 10.1 Å². The van der Waals surface area contributed by atoms with E-state index in [0.29, 0.717) is 13.2 Å². The van der Waals surface area contributed by atoms with Gasteiger partial charge in [0.25, 0.3) is 0 Å². The number of nitrogens with zero attached hydrogens (tertiary/aromatic N) is 1. The van der Waals surface area contributed by atoms with Gasteiger partial charge in [0.15, 0.2) is 0 Å². The van der Waals surface area contributed by atoms with E-state index in [1.165, 1.54) is 5.56 Å². The molecule has 0 aliphatic rings. The maximum Gasteiger partial charge on any atom is 0.119 e. The van der Waals surface area contributed by atoms with Crippen LogP contribution in [0.25, 0.3) is 0 Å². The van der Waals surface area contributed by atoms with Gasteiger partial charge in [0.1, 0.15) is 12.4 Å². The summed E-state index contributed by atoms with van der Waals surface area (Å²) >= 11 is 0. The second-order valence-electron chi connectivity index (χ2n) is 4.75. The lowest BCUT2D eigenvalue weighted by Gasteiger charge is -2.18. The normalized spacial score (nSPS) is 10.5. The van der Waals surface area contributed by atoms with Crippen molar-refractivity contribution in [3.63, 3.8) is 0 Å². The lowest BCUT2D eigenvalue weighted by atomic mass is 10.2. The summed E-state index contributed by atoms with van der Waals surface area (Å²) in [6.45, 7) is 9.42. The number of terminal acetylenes is 1. The molecule has 0 amide bonds. The molecule has 0 fully saturated rings. The highest BCUT2D eigenvalue weighted by atomic mass is 16.5. The fourth-order valence-corrected chi connectivity index (χ4v) is 1.98. The Hall–Kier alpha value is -1.50. The molecule has 0 unspecified atom stereocenters. The molecule has 0 spiro atoms. The number of ether oxygens (including phenoxy) is 1. The topological polar surface area (TPSA) is 24.5 Å². The predicted molar refractivity (Wildman–Crippen MR) is 84.9 cm³/mol. The summed E-state index contributed by atoms with van der Waals surface area (Å²) in [7, 11) is 0. The third-order valence-corrected chi connectivity index (χ3v) is 3.03. The molecule has 1 aromatic rings. The number of nitrogens with one attached hydrogen (secondary N) is 1. The first-order chi connectivity index (χ1) is 9.80. The van der Waals surface area contributed by atoms with Crippen molar-refractivity contribution in [2.45, 2.75) is 26.8 Å².